The Morgan fingerprint density at radius 1 is 1.21 bits per heavy atom. The van der Waals surface area contributed by atoms with E-state index in [4.69, 9.17) is 12.2 Å². The molecule has 5 heteroatoms. The van der Waals surface area contributed by atoms with E-state index in [0.29, 0.717) is 22.9 Å². The number of halogens is 2. The van der Waals surface area contributed by atoms with E-state index >= 15 is 0 Å². The first-order valence-electron chi connectivity index (χ1n) is 5.81. The van der Waals surface area contributed by atoms with Crippen molar-refractivity contribution in [2.45, 2.75) is 6.92 Å². The second kappa shape index (κ2) is 5.84. The predicted octanol–water partition coefficient (Wildman–Crippen LogP) is 3.56. The topological polar surface area (TPSA) is 16.1 Å². The number of thiocarbonyl (C=S) groups is 1. The van der Waals surface area contributed by atoms with Gasteiger partial charge in [0.05, 0.1) is 5.69 Å². The number of aromatic nitrogens is 1. The summed E-state index contributed by atoms with van der Waals surface area (Å²) < 4.78 is 26.5. The minimum atomic E-state index is -0.628. The highest BCUT2D eigenvalue weighted by Crippen LogP contribution is 2.20. The highest BCUT2D eigenvalue weighted by molar-refractivity contribution is 7.81. The van der Waals surface area contributed by atoms with Crippen LogP contribution in [0.1, 0.15) is 12.6 Å². The van der Waals surface area contributed by atoms with Gasteiger partial charge in [-0.1, -0.05) is 18.3 Å². The van der Waals surface area contributed by atoms with Crippen molar-refractivity contribution >= 4 is 22.9 Å². The van der Waals surface area contributed by atoms with Crippen LogP contribution in [0.25, 0.3) is 0 Å². The summed E-state index contributed by atoms with van der Waals surface area (Å²) in [6, 6.07) is 8.70. The van der Waals surface area contributed by atoms with Crippen molar-refractivity contribution in [2.75, 3.05) is 11.4 Å². The van der Waals surface area contributed by atoms with Gasteiger partial charge in [-0.3, -0.25) is 4.98 Å². The normalized spacial score (nSPS) is 10.3. The zero-order chi connectivity index (χ0) is 13.8. The van der Waals surface area contributed by atoms with E-state index < -0.39 is 11.6 Å². The number of anilines is 1. The lowest BCUT2D eigenvalue weighted by Gasteiger charge is -2.23. The molecule has 2 nitrogen and oxygen atoms in total. The molecule has 1 aromatic carbocycles. The van der Waals surface area contributed by atoms with E-state index in [-0.39, 0.29) is 0 Å². The molecule has 0 fully saturated rings. The SMILES string of the molecule is CCN(C(=S)c1ccccn1)c1cc(F)cc(F)c1. The molecule has 98 valence electrons. The summed E-state index contributed by atoms with van der Waals surface area (Å²) in [6.45, 7) is 2.36. The maximum atomic E-state index is 13.3. The van der Waals surface area contributed by atoms with Crippen molar-refractivity contribution in [3.05, 3.63) is 59.9 Å². The fourth-order valence-electron chi connectivity index (χ4n) is 1.77. The van der Waals surface area contributed by atoms with Gasteiger partial charge in [-0.25, -0.2) is 8.78 Å². The van der Waals surface area contributed by atoms with Gasteiger partial charge in [0.2, 0.25) is 0 Å². The van der Waals surface area contributed by atoms with Crippen LogP contribution in [-0.2, 0) is 0 Å². The second-order valence-corrected chi connectivity index (χ2v) is 4.28. The zero-order valence-corrected chi connectivity index (χ0v) is 11.1. The molecule has 0 aliphatic rings. The molecule has 0 unspecified atom stereocenters. The van der Waals surface area contributed by atoms with Crippen molar-refractivity contribution < 1.29 is 8.78 Å². The summed E-state index contributed by atoms with van der Waals surface area (Å²) in [4.78, 5) is 6.23. The standard InChI is InChI=1S/C14H12F2N2S/c1-2-18(12-8-10(15)7-11(16)9-12)14(19)13-5-3-4-6-17-13/h3-9H,2H2,1H3. The van der Waals surface area contributed by atoms with Crippen molar-refractivity contribution in [3.8, 4) is 0 Å². The number of nitrogens with zero attached hydrogens (tertiary/aromatic N) is 2. The van der Waals surface area contributed by atoms with E-state index in [1.54, 1.807) is 23.2 Å². The van der Waals surface area contributed by atoms with Crippen LogP contribution in [0.4, 0.5) is 14.5 Å². The van der Waals surface area contributed by atoms with Crippen molar-refractivity contribution in [2.24, 2.45) is 0 Å². The van der Waals surface area contributed by atoms with Gasteiger partial charge < -0.3 is 4.90 Å². The number of hydrogen-bond acceptors (Lipinski definition) is 2. The predicted molar refractivity (Wildman–Crippen MR) is 75.3 cm³/mol. The van der Waals surface area contributed by atoms with E-state index in [2.05, 4.69) is 4.98 Å². The maximum Gasteiger partial charge on any atom is 0.132 e. The largest absolute Gasteiger partial charge is 0.331 e. The van der Waals surface area contributed by atoms with Crippen LogP contribution in [0.2, 0.25) is 0 Å². The molecule has 0 atom stereocenters. The number of hydrogen-bond donors (Lipinski definition) is 0. The number of benzene rings is 1. The summed E-state index contributed by atoms with van der Waals surface area (Å²) >= 11 is 5.33. The third kappa shape index (κ3) is 3.12. The molecular weight excluding hydrogens is 266 g/mol. The Bertz CT molecular complexity index is 567. The Balaban J connectivity index is 2.37. The summed E-state index contributed by atoms with van der Waals surface area (Å²) in [7, 11) is 0. The summed E-state index contributed by atoms with van der Waals surface area (Å²) in [5.41, 5.74) is 0.986. The fourth-order valence-corrected chi connectivity index (χ4v) is 2.12. The first-order valence-corrected chi connectivity index (χ1v) is 6.21. The molecule has 0 saturated heterocycles. The summed E-state index contributed by atoms with van der Waals surface area (Å²) in [5, 5.41) is 0. The Hall–Kier alpha value is -1.88. The van der Waals surface area contributed by atoms with Crippen molar-refractivity contribution in [3.63, 3.8) is 0 Å². The lowest BCUT2D eigenvalue weighted by atomic mass is 10.2. The van der Waals surface area contributed by atoms with E-state index in [0.717, 1.165) is 6.07 Å². The Kier molecular flexibility index (Phi) is 4.16. The molecule has 0 spiro atoms. The van der Waals surface area contributed by atoms with Crippen molar-refractivity contribution in [1.82, 2.24) is 4.98 Å². The van der Waals surface area contributed by atoms with Crippen LogP contribution in [0.15, 0.2) is 42.6 Å². The minimum absolute atomic E-state index is 0.385. The molecule has 19 heavy (non-hydrogen) atoms. The van der Waals surface area contributed by atoms with E-state index in [1.807, 2.05) is 13.0 Å². The van der Waals surface area contributed by atoms with Gasteiger partial charge in [0.15, 0.2) is 0 Å². The third-order valence-electron chi connectivity index (χ3n) is 2.60. The van der Waals surface area contributed by atoms with Gasteiger partial charge in [-0.2, -0.15) is 0 Å². The molecule has 0 N–H and O–H groups in total. The molecular formula is C14H12F2N2S. The Morgan fingerprint density at radius 3 is 2.42 bits per heavy atom. The fraction of sp³-hybridized carbons (Fsp3) is 0.143. The molecule has 0 saturated carbocycles. The average molecular weight is 278 g/mol. The highest BCUT2D eigenvalue weighted by Gasteiger charge is 2.14. The lowest BCUT2D eigenvalue weighted by molar-refractivity contribution is 0.583. The molecule has 0 radical (unpaired) electrons. The average Bonchev–Trinajstić information content (AvgIpc) is 2.39. The van der Waals surface area contributed by atoms with Gasteiger partial charge in [0, 0.05) is 24.5 Å². The van der Waals surface area contributed by atoms with Crippen LogP contribution in [-0.4, -0.2) is 16.5 Å². The minimum Gasteiger partial charge on any atom is -0.331 e. The number of rotatable bonds is 3. The smallest absolute Gasteiger partial charge is 0.132 e. The lowest BCUT2D eigenvalue weighted by Crippen LogP contribution is -2.30. The monoisotopic (exact) mass is 278 g/mol. The molecule has 2 aromatic rings. The van der Waals surface area contributed by atoms with Crippen LogP contribution in [0.5, 0.6) is 0 Å². The van der Waals surface area contributed by atoms with Gasteiger partial charge in [-0.15, -0.1) is 0 Å². The molecule has 0 aliphatic heterocycles. The van der Waals surface area contributed by atoms with Crippen LogP contribution < -0.4 is 4.90 Å². The highest BCUT2D eigenvalue weighted by atomic mass is 32.1. The van der Waals surface area contributed by atoms with Gasteiger partial charge in [-0.05, 0) is 31.2 Å². The first kappa shape index (κ1) is 13.5. The molecule has 1 aromatic heterocycles. The molecule has 0 amide bonds. The second-order valence-electron chi connectivity index (χ2n) is 3.89. The third-order valence-corrected chi connectivity index (χ3v) is 3.03. The van der Waals surface area contributed by atoms with Gasteiger partial charge >= 0.3 is 0 Å². The zero-order valence-electron chi connectivity index (χ0n) is 10.3. The molecule has 2 rings (SSSR count). The van der Waals surface area contributed by atoms with E-state index in [9.17, 15) is 8.78 Å². The van der Waals surface area contributed by atoms with Crippen LogP contribution in [0, 0.1) is 11.6 Å². The maximum absolute atomic E-state index is 13.3. The Morgan fingerprint density at radius 2 is 1.89 bits per heavy atom. The summed E-state index contributed by atoms with van der Waals surface area (Å²) in [5.74, 6) is -1.26. The van der Waals surface area contributed by atoms with Crippen molar-refractivity contribution in [1.29, 1.82) is 0 Å². The quantitative estimate of drug-likeness (QED) is 0.799. The van der Waals surface area contributed by atoms with Crippen LogP contribution in [0.3, 0.4) is 0 Å². The summed E-state index contributed by atoms with van der Waals surface area (Å²) in [6.07, 6.45) is 1.63. The molecule has 0 bridgehead atoms. The Labute approximate surface area is 115 Å². The molecule has 0 aliphatic carbocycles. The van der Waals surface area contributed by atoms with Crippen LogP contribution >= 0.6 is 12.2 Å². The van der Waals surface area contributed by atoms with Gasteiger partial charge in [0.25, 0.3) is 0 Å². The molecule has 1 heterocycles. The van der Waals surface area contributed by atoms with Gasteiger partial charge in [0.1, 0.15) is 16.6 Å². The number of pyridine rings is 1. The van der Waals surface area contributed by atoms with E-state index in [1.165, 1.54) is 12.1 Å². The first-order chi connectivity index (χ1) is 9.11.